The van der Waals surface area contributed by atoms with Gasteiger partial charge in [-0.1, -0.05) is 57.2 Å². The van der Waals surface area contributed by atoms with Crippen molar-refractivity contribution in [1.82, 2.24) is 14.5 Å². The van der Waals surface area contributed by atoms with Crippen LogP contribution in [0.25, 0.3) is 0 Å². The summed E-state index contributed by atoms with van der Waals surface area (Å²) in [5.74, 6) is -1.11. The lowest BCUT2D eigenvalue weighted by atomic mass is 9.87. The molecule has 34 heavy (non-hydrogen) atoms. The van der Waals surface area contributed by atoms with Gasteiger partial charge in [0.1, 0.15) is 12.1 Å². The van der Waals surface area contributed by atoms with Crippen molar-refractivity contribution in [2.45, 2.75) is 44.6 Å². The molecule has 1 aliphatic rings. The Bertz CT molecular complexity index is 1200. The third-order valence-corrected chi connectivity index (χ3v) is 8.15. The lowest BCUT2D eigenvalue weighted by molar-refractivity contribution is -0.134. The van der Waals surface area contributed by atoms with Gasteiger partial charge in [0.25, 0.3) is 5.91 Å². The van der Waals surface area contributed by atoms with Crippen LogP contribution in [-0.4, -0.2) is 55.1 Å². The summed E-state index contributed by atoms with van der Waals surface area (Å²) < 4.78 is 27.0. The van der Waals surface area contributed by atoms with Crippen LogP contribution in [0.2, 0.25) is 0 Å². The van der Waals surface area contributed by atoms with Gasteiger partial charge >= 0.3 is 6.03 Å². The molecule has 4 amide bonds. The zero-order chi connectivity index (χ0) is 25.1. The number of aryl methyl sites for hydroxylation is 1. The highest BCUT2D eigenvalue weighted by molar-refractivity contribution is 7.89. The van der Waals surface area contributed by atoms with Gasteiger partial charge in [-0.15, -0.1) is 0 Å². The van der Waals surface area contributed by atoms with Crippen LogP contribution < -0.4 is 10.6 Å². The fourth-order valence-electron chi connectivity index (χ4n) is 4.07. The number of carbonyl (C=O) groups excluding carboxylic acids is 3. The van der Waals surface area contributed by atoms with Crippen molar-refractivity contribution in [2.24, 2.45) is 0 Å². The molecule has 1 heterocycles. The first-order valence-electron chi connectivity index (χ1n) is 11.2. The first-order valence-corrected chi connectivity index (χ1v) is 12.6. The topological polar surface area (TPSA) is 116 Å². The van der Waals surface area contributed by atoms with E-state index in [0.29, 0.717) is 36.3 Å². The Morgan fingerprint density at radius 2 is 1.71 bits per heavy atom. The van der Waals surface area contributed by atoms with E-state index < -0.39 is 40.0 Å². The van der Waals surface area contributed by atoms with Crippen LogP contribution in [0.5, 0.6) is 0 Å². The highest BCUT2D eigenvalue weighted by Gasteiger charge is 2.51. The SMILES string of the molecule is CCN(CC)S(=O)(=O)c1ccc(C)c(NC(=O)CN2C(=O)NC(CC)(c3ccccc3)C2=O)c1. The van der Waals surface area contributed by atoms with Gasteiger partial charge in [-0.2, -0.15) is 4.31 Å². The molecule has 2 aromatic carbocycles. The number of carbonyl (C=O) groups is 3. The summed E-state index contributed by atoms with van der Waals surface area (Å²) in [5.41, 5.74) is 0.363. The summed E-state index contributed by atoms with van der Waals surface area (Å²) in [6, 6.07) is 12.7. The Kier molecular flexibility index (Phi) is 7.42. The summed E-state index contributed by atoms with van der Waals surface area (Å²) >= 11 is 0. The maximum absolute atomic E-state index is 13.2. The lowest BCUT2D eigenvalue weighted by Crippen LogP contribution is -2.44. The number of urea groups is 1. The van der Waals surface area contributed by atoms with Crippen molar-refractivity contribution in [1.29, 1.82) is 0 Å². The van der Waals surface area contributed by atoms with Gasteiger partial charge in [-0.3, -0.25) is 14.5 Å². The summed E-state index contributed by atoms with van der Waals surface area (Å²) in [6.45, 7) is 7.17. The number of rotatable bonds is 9. The van der Waals surface area contributed by atoms with Crippen molar-refractivity contribution < 1.29 is 22.8 Å². The van der Waals surface area contributed by atoms with Crippen LogP contribution >= 0.6 is 0 Å². The number of imide groups is 1. The second kappa shape index (κ2) is 9.94. The maximum atomic E-state index is 13.2. The fraction of sp³-hybridized carbons (Fsp3) is 0.375. The molecule has 2 N–H and O–H groups in total. The van der Waals surface area contributed by atoms with E-state index >= 15 is 0 Å². The third kappa shape index (κ3) is 4.55. The summed E-state index contributed by atoms with van der Waals surface area (Å²) in [5, 5.41) is 5.40. The zero-order valence-electron chi connectivity index (χ0n) is 19.8. The molecule has 0 aromatic heterocycles. The van der Waals surface area contributed by atoms with Gasteiger partial charge in [0.15, 0.2) is 0 Å². The van der Waals surface area contributed by atoms with E-state index in [0.717, 1.165) is 4.90 Å². The standard InChI is InChI=1S/C24H30N4O5S/c1-5-24(18-11-9-8-10-12-18)22(30)28(23(31)26-24)16-21(29)25-20-15-19(14-13-17(20)4)34(32,33)27(6-2)7-3/h8-15H,5-7,16H2,1-4H3,(H,25,29)(H,26,31). The van der Waals surface area contributed by atoms with E-state index in [1.54, 1.807) is 58.0 Å². The van der Waals surface area contributed by atoms with E-state index in [2.05, 4.69) is 10.6 Å². The molecular weight excluding hydrogens is 456 g/mol. The van der Waals surface area contributed by atoms with Gasteiger partial charge in [0.2, 0.25) is 15.9 Å². The Labute approximate surface area is 200 Å². The van der Waals surface area contributed by atoms with E-state index in [1.807, 2.05) is 6.07 Å². The van der Waals surface area contributed by atoms with Crippen LogP contribution in [0, 0.1) is 6.92 Å². The molecule has 2 aromatic rings. The van der Waals surface area contributed by atoms with Crippen molar-refractivity contribution in [2.75, 3.05) is 25.0 Å². The summed E-state index contributed by atoms with van der Waals surface area (Å²) in [6.07, 6.45) is 0.323. The zero-order valence-corrected chi connectivity index (χ0v) is 20.6. The van der Waals surface area contributed by atoms with E-state index in [-0.39, 0.29) is 4.90 Å². The average molecular weight is 487 g/mol. The molecule has 3 rings (SSSR count). The van der Waals surface area contributed by atoms with Gasteiger partial charge in [0, 0.05) is 18.8 Å². The highest BCUT2D eigenvalue weighted by Crippen LogP contribution is 2.32. The van der Waals surface area contributed by atoms with Crippen LogP contribution in [0.4, 0.5) is 10.5 Å². The Morgan fingerprint density at radius 1 is 1.06 bits per heavy atom. The Morgan fingerprint density at radius 3 is 2.29 bits per heavy atom. The third-order valence-electron chi connectivity index (χ3n) is 6.10. The molecule has 1 unspecified atom stereocenters. The molecule has 0 spiro atoms. The summed E-state index contributed by atoms with van der Waals surface area (Å²) in [4.78, 5) is 39.6. The molecule has 0 saturated carbocycles. The fourth-order valence-corrected chi connectivity index (χ4v) is 5.56. The minimum Gasteiger partial charge on any atom is -0.324 e. The highest BCUT2D eigenvalue weighted by atomic mass is 32.2. The number of hydrogen-bond acceptors (Lipinski definition) is 5. The first-order chi connectivity index (χ1) is 16.1. The van der Waals surface area contributed by atoms with Crippen molar-refractivity contribution >= 4 is 33.6 Å². The molecule has 1 aliphatic heterocycles. The maximum Gasteiger partial charge on any atom is 0.325 e. The molecule has 1 saturated heterocycles. The smallest absolute Gasteiger partial charge is 0.324 e. The second-order valence-electron chi connectivity index (χ2n) is 8.06. The van der Waals surface area contributed by atoms with E-state index in [9.17, 15) is 22.8 Å². The first kappa shape index (κ1) is 25.4. The molecule has 1 atom stereocenters. The van der Waals surface area contributed by atoms with Gasteiger partial charge in [-0.25, -0.2) is 13.2 Å². The molecule has 182 valence electrons. The van der Waals surface area contributed by atoms with E-state index in [1.165, 1.54) is 16.4 Å². The summed E-state index contributed by atoms with van der Waals surface area (Å²) in [7, 11) is -3.71. The second-order valence-corrected chi connectivity index (χ2v) is 10.00. The molecule has 1 fully saturated rings. The quantitative estimate of drug-likeness (QED) is 0.529. The largest absolute Gasteiger partial charge is 0.325 e. The van der Waals surface area contributed by atoms with Gasteiger partial charge in [0.05, 0.1) is 4.90 Å². The predicted octanol–water partition coefficient (Wildman–Crippen LogP) is 2.82. The predicted molar refractivity (Wildman–Crippen MR) is 129 cm³/mol. The van der Waals surface area contributed by atoms with Crippen molar-refractivity contribution in [3.8, 4) is 0 Å². The molecule has 10 heteroatoms. The van der Waals surface area contributed by atoms with Crippen LogP contribution in [0.3, 0.4) is 0 Å². The monoisotopic (exact) mass is 486 g/mol. The molecule has 9 nitrogen and oxygen atoms in total. The normalized spacial score (nSPS) is 18.3. The van der Waals surface area contributed by atoms with Crippen LogP contribution in [0.15, 0.2) is 53.4 Å². The minimum atomic E-state index is -3.71. The lowest BCUT2D eigenvalue weighted by Gasteiger charge is -2.25. The van der Waals surface area contributed by atoms with Crippen LogP contribution in [0.1, 0.15) is 38.3 Å². The van der Waals surface area contributed by atoms with Crippen molar-refractivity contribution in [3.63, 3.8) is 0 Å². The minimum absolute atomic E-state index is 0.0566. The van der Waals surface area contributed by atoms with E-state index in [4.69, 9.17) is 0 Å². The molecule has 0 bridgehead atoms. The number of amides is 4. The number of hydrogen-bond donors (Lipinski definition) is 2. The molecule has 0 radical (unpaired) electrons. The Hall–Kier alpha value is -3.24. The number of sulfonamides is 1. The number of nitrogens with one attached hydrogen (secondary N) is 2. The van der Waals surface area contributed by atoms with Crippen LogP contribution in [-0.2, 0) is 25.2 Å². The van der Waals surface area contributed by atoms with Gasteiger partial charge in [-0.05, 0) is 36.6 Å². The van der Waals surface area contributed by atoms with Crippen molar-refractivity contribution in [3.05, 3.63) is 59.7 Å². The number of benzene rings is 2. The number of nitrogens with zero attached hydrogens (tertiary/aromatic N) is 2. The van der Waals surface area contributed by atoms with Gasteiger partial charge < -0.3 is 10.6 Å². The molecular formula is C24H30N4O5S. The average Bonchev–Trinajstić information content (AvgIpc) is 3.06. The number of anilines is 1. The molecule has 0 aliphatic carbocycles. The Balaban J connectivity index is 1.81.